The molecule has 0 spiro atoms. The van der Waals surface area contributed by atoms with E-state index in [1.165, 1.54) is 24.3 Å². The minimum absolute atomic E-state index is 0.0115. The number of nitrogens with one attached hydrogen (secondary N) is 1. The van der Waals surface area contributed by atoms with Crippen molar-refractivity contribution in [2.75, 3.05) is 5.32 Å². The van der Waals surface area contributed by atoms with Crippen molar-refractivity contribution in [1.29, 1.82) is 0 Å². The maximum absolute atomic E-state index is 11.8. The molecule has 1 amide bonds. The van der Waals surface area contributed by atoms with Gasteiger partial charge in [-0.1, -0.05) is 35.3 Å². The van der Waals surface area contributed by atoms with Gasteiger partial charge in [-0.25, -0.2) is 0 Å². The van der Waals surface area contributed by atoms with E-state index in [1.54, 1.807) is 30.3 Å². The summed E-state index contributed by atoms with van der Waals surface area (Å²) in [6, 6.07) is 11.0. The molecule has 0 atom stereocenters. The number of benzene rings is 2. The van der Waals surface area contributed by atoms with Crippen molar-refractivity contribution in [1.82, 2.24) is 0 Å². The Kier molecular flexibility index (Phi) is 5.14. The number of carbonyl (C=O) groups excluding carboxylic acids is 1. The van der Waals surface area contributed by atoms with Crippen molar-refractivity contribution in [2.45, 2.75) is 0 Å². The Morgan fingerprint density at radius 3 is 2.64 bits per heavy atom. The molecular formula is C15H10Cl2N2O3. The minimum atomic E-state index is -0.611. The number of hydrogen-bond donors (Lipinski definition) is 1. The van der Waals surface area contributed by atoms with E-state index in [-0.39, 0.29) is 16.4 Å². The van der Waals surface area contributed by atoms with Gasteiger partial charge in [-0.3, -0.25) is 14.9 Å². The molecule has 0 bridgehead atoms. The molecule has 0 aliphatic rings. The van der Waals surface area contributed by atoms with Crippen LogP contribution in [0, 0.1) is 10.1 Å². The maximum atomic E-state index is 11.8. The fourth-order valence-corrected chi connectivity index (χ4v) is 2.08. The Bertz CT molecular complexity index is 760. The van der Waals surface area contributed by atoms with Crippen LogP contribution in [0.25, 0.3) is 6.08 Å². The Morgan fingerprint density at radius 2 is 1.95 bits per heavy atom. The van der Waals surface area contributed by atoms with Crippen LogP contribution >= 0.6 is 23.2 Å². The van der Waals surface area contributed by atoms with Crippen molar-refractivity contribution in [3.05, 3.63) is 74.3 Å². The fourth-order valence-electron chi connectivity index (χ4n) is 1.70. The van der Waals surface area contributed by atoms with E-state index in [0.29, 0.717) is 5.02 Å². The highest BCUT2D eigenvalue weighted by Gasteiger charge is 2.13. The predicted molar refractivity (Wildman–Crippen MR) is 87.2 cm³/mol. The average Bonchev–Trinajstić information content (AvgIpc) is 2.47. The molecule has 0 saturated heterocycles. The first-order valence-electron chi connectivity index (χ1n) is 6.14. The summed E-state index contributed by atoms with van der Waals surface area (Å²) in [5.74, 6) is -0.420. The molecule has 0 unspecified atom stereocenters. The summed E-state index contributed by atoms with van der Waals surface area (Å²) >= 11 is 11.5. The highest BCUT2D eigenvalue weighted by atomic mass is 35.5. The molecule has 5 nitrogen and oxygen atoms in total. The third-order valence-electron chi connectivity index (χ3n) is 2.69. The lowest BCUT2D eigenvalue weighted by molar-refractivity contribution is -0.384. The van der Waals surface area contributed by atoms with Gasteiger partial charge in [-0.15, -0.1) is 0 Å². The molecule has 0 radical (unpaired) electrons. The third kappa shape index (κ3) is 4.31. The molecule has 0 fully saturated rings. The maximum Gasteiger partial charge on any atom is 0.289 e. The molecule has 22 heavy (non-hydrogen) atoms. The number of rotatable bonds is 4. The van der Waals surface area contributed by atoms with Gasteiger partial charge in [0.05, 0.1) is 4.92 Å². The van der Waals surface area contributed by atoms with Gasteiger partial charge in [0.25, 0.3) is 5.69 Å². The number of nitrogens with zero attached hydrogens (tertiary/aromatic N) is 1. The van der Waals surface area contributed by atoms with Gasteiger partial charge in [-0.05, 0) is 35.9 Å². The molecule has 7 heteroatoms. The van der Waals surface area contributed by atoms with Gasteiger partial charge >= 0.3 is 0 Å². The van der Waals surface area contributed by atoms with E-state index in [1.807, 2.05) is 0 Å². The Balaban J connectivity index is 2.09. The van der Waals surface area contributed by atoms with Gasteiger partial charge < -0.3 is 5.32 Å². The molecular weight excluding hydrogens is 327 g/mol. The standard InChI is InChI=1S/C15H10Cl2N2O3/c16-11-3-1-2-10(8-11)4-7-15(20)18-12-5-6-13(17)14(9-12)19(21)22/h1-9H,(H,18,20). The monoisotopic (exact) mass is 336 g/mol. The zero-order valence-electron chi connectivity index (χ0n) is 11.1. The average molecular weight is 337 g/mol. The molecule has 112 valence electrons. The molecule has 0 aromatic heterocycles. The molecule has 1 N–H and O–H groups in total. The summed E-state index contributed by atoms with van der Waals surface area (Å²) in [4.78, 5) is 22.0. The van der Waals surface area contributed by atoms with Gasteiger partial charge in [0.1, 0.15) is 5.02 Å². The summed E-state index contributed by atoms with van der Waals surface area (Å²) in [6.45, 7) is 0. The first-order valence-corrected chi connectivity index (χ1v) is 6.90. The topological polar surface area (TPSA) is 72.2 Å². The molecule has 2 rings (SSSR count). The Labute approximate surface area is 136 Å². The van der Waals surface area contributed by atoms with Crippen LogP contribution < -0.4 is 5.32 Å². The first kappa shape index (κ1) is 16.0. The molecule has 2 aromatic carbocycles. The summed E-state index contributed by atoms with van der Waals surface area (Å²) in [5.41, 5.74) is 0.792. The van der Waals surface area contributed by atoms with E-state index in [2.05, 4.69) is 5.32 Å². The highest BCUT2D eigenvalue weighted by molar-refractivity contribution is 6.32. The second-order valence-corrected chi connectivity index (χ2v) is 5.14. The van der Waals surface area contributed by atoms with Gasteiger partial charge in [0.15, 0.2) is 0 Å². The van der Waals surface area contributed by atoms with Crippen LogP contribution in [0.15, 0.2) is 48.5 Å². The number of amides is 1. The fraction of sp³-hybridized carbons (Fsp3) is 0. The van der Waals surface area contributed by atoms with Crippen LogP contribution in [0.2, 0.25) is 10.0 Å². The SMILES string of the molecule is O=C(C=Cc1cccc(Cl)c1)Nc1ccc(Cl)c([N+](=O)[O-])c1. The van der Waals surface area contributed by atoms with E-state index >= 15 is 0 Å². The van der Waals surface area contributed by atoms with Gasteiger partial charge in [0.2, 0.25) is 5.91 Å². The second kappa shape index (κ2) is 7.06. The Morgan fingerprint density at radius 1 is 1.18 bits per heavy atom. The second-order valence-electron chi connectivity index (χ2n) is 4.30. The lowest BCUT2D eigenvalue weighted by atomic mass is 10.2. The van der Waals surface area contributed by atoms with Crippen molar-refractivity contribution < 1.29 is 9.72 Å². The zero-order valence-corrected chi connectivity index (χ0v) is 12.6. The third-order valence-corrected chi connectivity index (χ3v) is 3.24. The van der Waals surface area contributed by atoms with E-state index in [9.17, 15) is 14.9 Å². The minimum Gasteiger partial charge on any atom is -0.322 e. The first-order chi connectivity index (χ1) is 10.5. The van der Waals surface area contributed by atoms with Gasteiger partial charge in [-0.2, -0.15) is 0 Å². The predicted octanol–water partition coefficient (Wildman–Crippen LogP) is 4.55. The van der Waals surface area contributed by atoms with Gasteiger partial charge in [0, 0.05) is 22.9 Å². The normalized spacial score (nSPS) is 10.6. The van der Waals surface area contributed by atoms with Crippen molar-refractivity contribution in [3.63, 3.8) is 0 Å². The van der Waals surface area contributed by atoms with Crippen molar-refractivity contribution in [2.24, 2.45) is 0 Å². The number of halogens is 2. The Hall–Kier alpha value is -2.37. The van der Waals surface area contributed by atoms with Crippen LogP contribution in [0.4, 0.5) is 11.4 Å². The van der Waals surface area contributed by atoms with Crippen LogP contribution in [0.5, 0.6) is 0 Å². The zero-order chi connectivity index (χ0) is 16.1. The van der Waals surface area contributed by atoms with Crippen molar-refractivity contribution in [3.8, 4) is 0 Å². The summed E-state index contributed by atoms with van der Waals surface area (Å²) in [5, 5.41) is 13.9. The number of carbonyl (C=O) groups is 1. The largest absolute Gasteiger partial charge is 0.322 e. The highest BCUT2D eigenvalue weighted by Crippen LogP contribution is 2.27. The smallest absolute Gasteiger partial charge is 0.289 e. The molecule has 0 aliphatic heterocycles. The number of nitro benzene ring substituents is 1. The van der Waals surface area contributed by atoms with Crippen molar-refractivity contribution >= 4 is 46.6 Å². The van der Waals surface area contributed by atoms with Crippen LogP contribution in [-0.2, 0) is 4.79 Å². The summed E-state index contributed by atoms with van der Waals surface area (Å²) < 4.78 is 0. The number of anilines is 1. The molecule has 0 saturated carbocycles. The molecule has 0 aliphatic carbocycles. The van der Waals surface area contributed by atoms with E-state index in [4.69, 9.17) is 23.2 Å². The summed E-state index contributed by atoms with van der Waals surface area (Å²) in [6.07, 6.45) is 2.90. The van der Waals surface area contributed by atoms with Crippen LogP contribution in [0.1, 0.15) is 5.56 Å². The quantitative estimate of drug-likeness (QED) is 0.505. The molecule has 2 aromatic rings. The lowest BCUT2D eigenvalue weighted by Gasteiger charge is -2.03. The number of hydrogen-bond acceptors (Lipinski definition) is 3. The van der Waals surface area contributed by atoms with E-state index < -0.39 is 10.8 Å². The lowest BCUT2D eigenvalue weighted by Crippen LogP contribution is -2.08. The summed E-state index contributed by atoms with van der Waals surface area (Å²) in [7, 11) is 0. The van der Waals surface area contributed by atoms with Crippen LogP contribution in [0.3, 0.4) is 0 Å². The van der Waals surface area contributed by atoms with E-state index in [0.717, 1.165) is 5.56 Å². The van der Waals surface area contributed by atoms with Crippen LogP contribution in [-0.4, -0.2) is 10.8 Å². The molecule has 0 heterocycles. The number of nitro groups is 1.